The van der Waals surface area contributed by atoms with Gasteiger partial charge >= 0.3 is 0 Å². The minimum atomic E-state index is 0.287. The van der Waals surface area contributed by atoms with Crippen LogP contribution in [0.5, 0.6) is 0 Å². The summed E-state index contributed by atoms with van der Waals surface area (Å²) >= 11 is 0. The Bertz CT molecular complexity index is 251. The number of anilines is 1. The maximum Gasteiger partial charge on any atom is 0.239 e. The third-order valence-corrected chi connectivity index (χ3v) is 0.911. The van der Waals surface area contributed by atoms with Gasteiger partial charge in [-0.15, -0.1) is 5.10 Å². The van der Waals surface area contributed by atoms with Crippen LogP contribution >= 0.6 is 0 Å². The Labute approximate surface area is 68.9 Å². The molecule has 0 radical (unpaired) electrons. The lowest BCUT2D eigenvalue weighted by atomic mass is 10.7. The van der Waals surface area contributed by atoms with Crippen molar-refractivity contribution in [1.29, 1.82) is 0 Å². The van der Waals surface area contributed by atoms with Crippen molar-refractivity contribution in [3.05, 3.63) is 31.1 Å². The fourth-order valence-corrected chi connectivity index (χ4v) is 0.472. The molecule has 0 aliphatic carbocycles. The van der Waals surface area contributed by atoms with Gasteiger partial charge in [0, 0.05) is 12.4 Å². The highest BCUT2D eigenvalue weighted by Gasteiger charge is 1.76. The molecule has 62 valence electrons. The van der Waals surface area contributed by atoms with Gasteiger partial charge in [-0.1, -0.05) is 0 Å². The second kappa shape index (κ2) is 4.78. The first-order chi connectivity index (χ1) is 5.89. The van der Waals surface area contributed by atoms with E-state index in [4.69, 9.17) is 5.73 Å². The molecule has 0 saturated heterocycles. The number of aromatic nitrogens is 5. The summed E-state index contributed by atoms with van der Waals surface area (Å²) in [6.45, 7) is 0. The lowest BCUT2D eigenvalue weighted by molar-refractivity contribution is 1.10. The van der Waals surface area contributed by atoms with Gasteiger partial charge in [0.1, 0.15) is 12.7 Å². The quantitative estimate of drug-likeness (QED) is 0.565. The van der Waals surface area contributed by atoms with Crippen molar-refractivity contribution in [3.63, 3.8) is 0 Å². The molecule has 0 bridgehead atoms. The second-order valence-corrected chi connectivity index (χ2v) is 1.76. The highest BCUT2D eigenvalue weighted by atomic mass is 15.2. The number of rotatable bonds is 0. The van der Waals surface area contributed by atoms with E-state index < -0.39 is 0 Å². The summed E-state index contributed by atoms with van der Waals surface area (Å²) in [6, 6.07) is 1.78. The third kappa shape index (κ3) is 3.25. The Kier molecular flexibility index (Phi) is 3.23. The van der Waals surface area contributed by atoms with Crippen molar-refractivity contribution in [2.75, 3.05) is 5.73 Å². The van der Waals surface area contributed by atoms with E-state index in [0.717, 1.165) is 0 Å². The van der Waals surface area contributed by atoms with Gasteiger partial charge in [-0.05, 0) is 6.07 Å². The first-order valence-corrected chi connectivity index (χ1v) is 3.21. The minimum Gasteiger partial charge on any atom is -0.367 e. The van der Waals surface area contributed by atoms with Crippen molar-refractivity contribution in [2.24, 2.45) is 0 Å². The Balaban J connectivity index is 0.000000120. The first kappa shape index (κ1) is 8.12. The van der Waals surface area contributed by atoms with Crippen LogP contribution in [-0.4, -0.2) is 25.1 Å². The van der Waals surface area contributed by atoms with Crippen molar-refractivity contribution < 1.29 is 0 Å². The number of nitrogens with zero attached hydrogens (tertiary/aromatic N) is 4. The highest BCUT2D eigenvalue weighted by Crippen LogP contribution is 1.76. The van der Waals surface area contributed by atoms with Gasteiger partial charge in [0.2, 0.25) is 5.95 Å². The van der Waals surface area contributed by atoms with Gasteiger partial charge in [0.05, 0.1) is 0 Å². The normalized spacial score (nSPS) is 8.33. The molecule has 0 aliphatic heterocycles. The highest BCUT2D eigenvalue weighted by molar-refractivity contribution is 5.07. The third-order valence-electron chi connectivity index (χ3n) is 0.911. The van der Waals surface area contributed by atoms with Crippen LogP contribution in [0.3, 0.4) is 0 Å². The molecule has 0 fully saturated rings. The molecular formula is C6H8N6. The molecule has 0 amide bonds. The molecule has 2 aromatic rings. The van der Waals surface area contributed by atoms with E-state index in [1.54, 1.807) is 18.5 Å². The van der Waals surface area contributed by atoms with Crippen LogP contribution in [0.15, 0.2) is 31.1 Å². The Morgan fingerprint density at radius 2 is 2.00 bits per heavy atom. The van der Waals surface area contributed by atoms with Gasteiger partial charge in [-0.3, -0.25) is 5.10 Å². The molecule has 6 heteroatoms. The lowest BCUT2D eigenvalue weighted by Gasteiger charge is -1.70. The maximum absolute atomic E-state index is 5.02. The summed E-state index contributed by atoms with van der Waals surface area (Å²) in [4.78, 5) is 10.9. The maximum atomic E-state index is 5.02. The Hall–Kier alpha value is -1.98. The van der Waals surface area contributed by atoms with Crippen molar-refractivity contribution in [2.45, 2.75) is 0 Å². The van der Waals surface area contributed by atoms with Gasteiger partial charge in [-0.25, -0.2) is 15.0 Å². The molecule has 2 aromatic heterocycles. The van der Waals surface area contributed by atoms with Gasteiger partial charge in [-0.2, -0.15) is 0 Å². The average Bonchev–Trinajstić information content (AvgIpc) is 2.60. The number of nitrogens with one attached hydrogen (secondary N) is 1. The summed E-state index contributed by atoms with van der Waals surface area (Å²) in [5, 5.41) is 5.90. The zero-order chi connectivity index (χ0) is 8.65. The van der Waals surface area contributed by atoms with Gasteiger partial charge in [0.15, 0.2) is 0 Å². The molecule has 0 saturated carbocycles. The molecule has 12 heavy (non-hydrogen) atoms. The summed E-state index contributed by atoms with van der Waals surface area (Å²) in [5.41, 5.74) is 5.02. The number of aromatic amines is 1. The fourth-order valence-electron chi connectivity index (χ4n) is 0.472. The molecule has 2 rings (SSSR count). The van der Waals surface area contributed by atoms with Crippen LogP contribution in [0.2, 0.25) is 0 Å². The van der Waals surface area contributed by atoms with Crippen LogP contribution < -0.4 is 5.73 Å². The van der Waals surface area contributed by atoms with Crippen molar-refractivity contribution >= 4 is 5.95 Å². The molecule has 6 nitrogen and oxygen atoms in total. The number of hydrogen-bond acceptors (Lipinski definition) is 5. The predicted molar refractivity (Wildman–Crippen MR) is 42.8 cm³/mol. The number of nitrogens with two attached hydrogens (primary N) is 1. The first-order valence-electron chi connectivity index (χ1n) is 3.21. The van der Waals surface area contributed by atoms with E-state index in [1.165, 1.54) is 12.7 Å². The molecule has 0 aliphatic rings. The molecule has 3 N–H and O–H groups in total. The zero-order valence-electron chi connectivity index (χ0n) is 6.25. The van der Waals surface area contributed by atoms with Crippen LogP contribution in [0.1, 0.15) is 0 Å². The Morgan fingerprint density at radius 3 is 2.17 bits per heavy atom. The monoisotopic (exact) mass is 164 g/mol. The van der Waals surface area contributed by atoms with E-state index in [1.807, 2.05) is 0 Å². The molecule has 0 unspecified atom stereocenters. The summed E-state index contributed by atoms with van der Waals surface area (Å²) in [5.74, 6) is 0.287. The molecule has 0 aromatic carbocycles. The van der Waals surface area contributed by atoms with E-state index >= 15 is 0 Å². The minimum absolute atomic E-state index is 0.287. The molecule has 0 spiro atoms. The standard InChI is InChI=1S/C4H4N2.C2H4N4/c1-2-5-4-6-3-1;3-2-4-1-5-6-2/h1-4H;1H,(H3,3,4,5,6). The Morgan fingerprint density at radius 1 is 1.25 bits per heavy atom. The molecular weight excluding hydrogens is 156 g/mol. The van der Waals surface area contributed by atoms with Gasteiger partial charge < -0.3 is 5.73 Å². The fraction of sp³-hybridized carbons (Fsp3) is 0. The number of nitrogen functional groups attached to an aromatic ring is 1. The summed E-state index contributed by atoms with van der Waals surface area (Å²) in [6.07, 6.45) is 6.30. The summed E-state index contributed by atoms with van der Waals surface area (Å²) < 4.78 is 0. The van der Waals surface area contributed by atoms with Crippen LogP contribution in [0.25, 0.3) is 0 Å². The van der Waals surface area contributed by atoms with E-state index in [0.29, 0.717) is 0 Å². The topological polar surface area (TPSA) is 93.4 Å². The largest absolute Gasteiger partial charge is 0.367 e. The lowest BCUT2D eigenvalue weighted by Crippen LogP contribution is -1.84. The molecule has 0 atom stereocenters. The zero-order valence-corrected chi connectivity index (χ0v) is 6.25. The predicted octanol–water partition coefficient (Wildman–Crippen LogP) is -0.137. The van der Waals surface area contributed by atoms with E-state index in [-0.39, 0.29) is 5.95 Å². The van der Waals surface area contributed by atoms with Gasteiger partial charge in [0.25, 0.3) is 0 Å². The van der Waals surface area contributed by atoms with E-state index in [9.17, 15) is 0 Å². The number of H-pyrrole nitrogens is 1. The van der Waals surface area contributed by atoms with Crippen molar-refractivity contribution in [1.82, 2.24) is 25.1 Å². The van der Waals surface area contributed by atoms with Crippen LogP contribution in [0.4, 0.5) is 5.95 Å². The summed E-state index contributed by atoms with van der Waals surface area (Å²) in [7, 11) is 0. The second-order valence-electron chi connectivity index (χ2n) is 1.76. The molecule has 2 heterocycles. The average molecular weight is 164 g/mol. The van der Waals surface area contributed by atoms with Crippen LogP contribution in [-0.2, 0) is 0 Å². The van der Waals surface area contributed by atoms with Crippen LogP contribution in [0, 0.1) is 0 Å². The van der Waals surface area contributed by atoms with E-state index in [2.05, 4.69) is 25.1 Å². The van der Waals surface area contributed by atoms with Crippen molar-refractivity contribution in [3.8, 4) is 0 Å². The number of hydrogen-bond donors (Lipinski definition) is 2. The SMILES string of the molecule is Nc1nc[nH]n1.c1cncnc1. The smallest absolute Gasteiger partial charge is 0.239 e.